The summed E-state index contributed by atoms with van der Waals surface area (Å²) in [5, 5.41) is 14.4. The van der Waals surface area contributed by atoms with Gasteiger partial charge in [-0.2, -0.15) is 0 Å². The Bertz CT molecular complexity index is 257. The van der Waals surface area contributed by atoms with E-state index in [9.17, 15) is 9.59 Å². The van der Waals surface area contributed by atoms with Crippen molar-refractivity contribution in [2.75, 3.05) is 6.54 Å². The minimum atomic E-state index is -0.784. The summed E-state index contributed by atoms with van der Waals surface area (Å²) in [7, 11) is 0. The zero-order valence-corrected chi connectivity index (χ0v) is 11.7. The normalized spacial score (nSPS) is 13.7. The number of hydrogen-bond acceptors (Lipinski definition) is 2. The second-order valence-corrected chi connectivity index (χ2v) is 4.68. The van der Waals surface area contributed by atoms with Gasteiger partial charge in [0.15, 0.2) is 0 Å². The molecule has 0 aromatic heterocycles. The highest BCUT2D eigenvalue weighted by atomic mass is 16.4. The first-order chi connectivity index (χ1) is 8.51. The molecular weight excluding hydrogens is 232 g/mol. The summed E-state index contributed by atoms with van der Waals surface area (Å²) in [6, 6.07) is 0.0752. The summed E-state index contributed by atoms with van der Waals surface area (Å²) in [5.74, 6) is -1.13. The van der Waals surface area contributed by atoms with Gasteiger partial charge in [-0.3, -0.25) is 4.79 Å². The molecular formula is C13H26N2O3. The molecule has 0 aliphatic heterocycles. The second kappa shape index (κ2) is 9.74. The monoisotopic (exact) mass is 258 g/mol. The first-order valence-electron chi connectivity index (χ1n) is 6.78. The third kappa shape index (κ3) is 7.92. The number of carboxylic acids is 1. The molecule has 0 rings (SSSR count). The van der Waals surface area contributed by atoms with Crippen molar-refractivity contribution in [3.8, 4) is 0 Å². The molecule has 2 unspecified atom stereocenters. The number of rotatable bonds is 9. The number of aliphatic carboxylic acids is 1. The van der Waals surface area contributed by atoms with Gasteiger partial charge < -0.3 is 15.7 Å². The van der Waals surface area contributed by atoms with E-state index in [1.165, 1.54) is 0 Å². The Balaban J connectivity index is 3.67. The average molecular weight is 258 g/mol. The van der Waals surface area contributed by atoms with Crippen LogP contribution in [-0.2, 0) is 4.79 Å². The van der Waals surface area contributed by atoms with E-state index in [1.807, 2.05) is 0 Å². The molecule has 0 radical (unpaired) electrons. The van der Waals surface area contributed by atoms with Gasteiger partial charge in [0.05, 0.1) is 5.92 Å². The van der Waals surface area contributed by atoms with Crippen LogP contribution in [0.5, 0.6) is 0 Å². The molecule has 5 nitrogen and oxygen atoms in total. The number of urea groups is 1. The van der Waals surface area contributed by atoms with Crippen LogP contribution >= 0.6 is 0 Å². The molecule has 0 saturated carbocycles. The van der Waals surface area contributed by atoms with E-state index in [2.05, 4.69) is 24.5 Å². The first-order valence-corrected chi connectivity index (χ1v) is 6.78. The third-order valence-electron chi connectivity index (χ3n) is 2.99. The third-order valence-corrected chi connectivity index (χ3v) is 2.99. The standard InChI is InChI=1S/C13H26N2O3/c1-4-7-11(5-2)15-13(18)14-9-6-8-10(3)12(16)17/h10-11H,4-9H2,1-3H3,(H,16,17)(H2,14,15,18). The van der Waals surface area contributed by atoms with E-state index >= 15 is 0 Å². The zero-order valence-electron chi connectivity index (χ0n) is 11.7. The Labute approximate surface area is 109 Å². The van der Waals surface area contributed by atoms with Crippen LogP contribution in [0, 0.1) is 5.92 Å². The van der Waals surface area contributed by atoms with Gasteiger partial charge in [0.2, 0.25) is 0 Å². The lowest BCUT2D eigenvalue weighted by molar-refractivity contribution is -0.141. The summed E-state index contributed by atoms with van der Waals surface area (Å²) in [4.78, 5) is 22.1. The summed E-state index contributed by atoms with van der Waals surface area (Å²) in [6.07, 6.45) is 4.24. The highest BCUT2D eigenvalue weighted by Gasteiger charge is 2.11. The average Bonchev–Trinajstić information content (AvgIpc) is 2.33. The van der Waals surface area contributed by atoms with Crippen molar-refractivity contribution in [3.63, 3.8) is 0 Å². The number of carbonyl (C=O) groups is 2. The highest BCUT2D eigenvalue weighted by molar-refractivity contribution is 5.74. The molecule has 0 spiro atoms. The lowest BCUT2D eigenvalue weighted by Gasteiger charge is -2.16. The smallest absolute Gasteiger partial charge is 0.315 e. The molecule has 0 aromatic carbocycles. The lowest BCUT2D eigenvalue weighted by atomic mass is 10.1. The highest BCUT2D eigenvalue weighted by Crippen LogP contribution is 2.04. The van der Waals surface area contributed by atoms with Gasteiger partial charge in [-0.25, -0.2) is 4.79 Å². The predicted octanol–water partition coefficient (Wildman–Crippen LogP) is 2.37. The van der Waals surface area contributed by atoms with Crippen molar-refractivity contribution in [3.05, 3.63) is 0 Å². The minimum Gasteiger partial charge on any atom is -0.481 e. The molecule has 5 heteroatoms. The van der Waals surface area contributed by atoms with Crippen molar-refractivity contribution >= 4 is 12.0 Å². The van der Waals surface area contributed by atoms with Crippen molar-refractivity contribution in [2.24, 2.45) is 5.92 Å². The van der Waals surface area contributed by atoms with Gasteiger partial charge in [-0.15, -0.1) is 0 Å². The maximum atomic E-state index is 11.5. The van der Waals surface area contributed by atoms with Gasteiger partial charge in [0, 0.05) is 12.6 Å². The van der Waals surface area contributed by atoms with Crippen molar-refractivity contribution in [2.45, 2.75) is 58.9 Å². The number of carbonyl (C=O) groups excluding carboxylic acids is 1. The maximum absolute atomic E-state index is 11.5. The number of hydrogen-bond donors (Lipinski definition) is 3. The van der Waals surface area contributed by atoms with Gasteiger partial charge in [-0.1, -0.05) is 27.2 Å². The van der Waals surface area contributed by atoms with Crippen LogP contribution in [0.15, 0.2) is 0 Å². The number of amides is 2. The summed E-state index contributed by atoms with van der Waals surface area (Å²) in [6.45, 7) is 6.34. The molecule has 0 aliphatic rings. The molecule has 0 saturated heterocycles. The Kier molecular flexibility index (Phi) is 9.06. The van der Waals surface area contributed by atoms with Gasteiger partial charge in [-0.05, 0) is 25.7 Å². The largest absolute Gasteiger partial charge is 0.481 e. The maximum Gasteiger partial charge on any atom is 0.315 e. The lowest BCUT2D eigenvalue weighted by Crippen LogP contribution is -2.42. The van der Waals surface area contributed by atoms with Gasteiger partial charge >= 0.3 is 12.0 Å². The molecule has 0 fully saturated rings. The fourth-order valence-corrected chi connectivity index (χ4v) is 1.70. The first kappa shape index (κ1) is 16.7. The van der Waals surface area contributed by atoms with E-state index in [-0.39, 0.29) is 18.0 Å². The Hall–Kier alpha value is -1.26. The molecule has 18 heavy (non-hydrogen) atoms. The Morgan fingerprint density at radius 1 is 1.22 bits per heavy atom. The summed E-state index contributed by atoms with van der Waals surface area (Å²) >= 11 is 0. The van der Waals surface area contributed by atoms with E-state index in [0.29, 0.717) is 19.4 Å². The molecule has 2 atom stereocenters. The van der Waals surface area contributed by atoms with E-state index < -0.39 is 5.97 Å². The van der Waals surface area contributed by atoms with Crippen LogP contribution in [0.25, 0.3) is 0 Å². The fourth-order valence-electron chi connectivity index (χ4n) is 1.70. The topological polar surface area (TPSA) is 78.4 Å². The van der Waals surface area contributed by atoms with Crippen molar-refractivity contribution < 1.29 is 14.7 Å². The Morgan fingerprint density at radius 2 is 1.89 bits per heavy atom. The molecule has 3 N–H and O–H groups in total. The summed E-state index contributed by atoms with van der Waals surface area (Å²) in [5.41, 5.74) is 0. The summed E-state index contributed by atoms with van der Waals surface area (Å²) < 4.78 is 0. The van der Waals surface area contributed by atoms with E-state index in [4.69, 9.17) is 5.11 Å². The fraction of sp³-hybridized carbons (Fsp3) is 0.846. The molecule has 106 valence electrons. The molecule has 0 aromatic rings. The number of nitrogens with one attached hydrogen (secondary N) is 2. The van der Waals surface area contributed by atoms with Crippen molar-refractivity contribution in [1.82, 2.24) is 10.6 Å². The predicted molar refractivity (Wildman–Crippen MR) is 71.6 cm³/mol. The minimum absolute atomic E-state index is 0.154. The molecule has 2 amide bonds. The quantitative estimate of drug-likeness (QED) is 0.555. The van der Waals surface area contributed by atoms with Crippen LogP contribution in [0.1, 0.15) is 52.9 Å². The van der Waals surface area contributed by atoms with Gasteiger partial charge in [0.25, 0.3) is 0 Å². The van der Waals surface area contributed by atoms with Crippen LogP contribution in [0.3, 0.4) is 0 Å². The zero-order chi connectivity index (χ0) is 14.0. The second-order valence-electron chi connectivity index (χ2n) is 4.68. The van der Waals surface area contributed by atoms with Crippen molar-refractivity contribution in [1.29, 1.82) is 0 Å². The van der Waals surface area contributed by atoms with E-state index in [0.717, 1.165) is 19.3 Å². The van der Waals surface area contributed by atoms with Crippen LogP contribution in [0.2, 0.25) is 0 Å². The van der Waals surface area contributed by atoms with Crippen LogP contribution < -0.4 is 10.6 Å². The van der Waals surface area contributed by atoms with Crippen LogP contribution in [-0.4, -0.2) is 29.7 Å². The van der Waals surface area contributed by atoms with Gasteiger partial charge in [0.1, 0.15) is 0 Å². The van der Waals surface area contributed by atoms with E-state index in [1.54, 1.807) is 6.92 Å². The van der Waals surface area contributed by atoms with Crippen LogP contribution in [0.4, 0.5) is 4.79 Å². The molecule has 0 aliphatic carbocycles. The molecule has 0 bridgehead atoms. The number of carboxylic acid groups (broad SMARTS) is 1. The molecule has 0 heterocycles. The Morgan fingerprint density at radius 3 is 2.39 bits per heavy atom. The SMILES string of the molecule is CCCC(CC)NC(=O)NCCCC(C)C(=O)O.